The molecule has 0 unspecified atom stereocenters. The predicted molar refractivity (Wildman–Crippen MR) is 99.5 cm³/mol. The molecular formula is C18H24N4O3S. The van der Waals surface area contributed by atoms with Crippen LogP contribution in [0.1, 0.15) is 28.5 Å². The van der Waals surface area contributed by atoms with Gasteiger partial charge < -0.3 is 4.90 Å². The van der Waals surface area contributed by atoms with Gasteiger partial charge in [0, 0.05) is 26.2 Å². The summed E-state index contributed by atoms with van der Waals surface area (Å²) >= 11 is 0. The van der Waals surface area contributed by atoms with Gasteiger partial charge in [-0.25, -0.2) is 8.42 Å². The second-order valence-corrected chi connectivity index (χ2v) is 8.44. The molecule has 1 aromatic carbocycles. The fourth-order valence-electron chi connectivity index (χ4n) is 3.25. The third-order valence-corrected chi connectivity index (χ3v) is 5.99. The molecule has 1 fully saturated rings. The third kappa shape index (κ3) is 3.96. The zero-order valence-corrected chi connectivity index (χ0v) is 15.9. The van der Waals surface area contributed by atoms with Crippen molar-refractivity contribution in [3.63, 3.8) is 0 Å². The van der Waals surface area contributed by atoms with Crippen LogP contribution in [-0.4, -0.2) is 65.7 Å². The summed E-state index contributed by atoms with van der Waals surface area (Å²) in [4.78, 5) is 14.6. The number of benzene rings is 1. The number of piperazine rings is 1. The molecule has 1 aliphatic heterocycles. The predicted octanol–water partition coefficient (Wildman–Crippen LogP) is 1.21. The van der Waals surface area contributed by atoms with Crippen molar-refractivity contribution < 1.29 is 13.2 Å². The topological polar surface area (TPSA) is 75.5 Å². The van der Waals surface area contributed by atoms with Gasteiger partial charge in [0.05, 0.1) is 30.3 Å². The van der Waals surface area contributed by atoms with Crippen molar-refractivity contribution in [2.24, 2.45) is 0 Å². The van der Waals surface area contributed by atoms with Crippen LogP contribution in [0.5, 0.6) is 0 Å². The molecule has 140 valence electrons. The number of nitrogens with zero attached hydrogens (tertiary/aromatic N) is 4. The van der Waals surface area contributed by atoms with Crippen LogP contribution in [0.15, 0.2) is 36.5 Å². The zero-order valence-electron chi connectivity index (χ0n) is 15.1. The van der Waals surface area contributed by atoms with Crippen LogP contribution in [0.2, 0.25) is 0 Å². The molecule has 8 heteroatoms. The quantitative estimate of drug-likeness (QED) is 0.786. The molecule has 0 atom stereocenters. The number of carbonyl (C=O) groups excluding carboxylic acids is 1. The maximum absolute atomic E-state index is 12.9. The van der Waals surface area contributed by atoms with Gasteiger partial charge in [0.2, 0.25) is 10.0 Å². The molecule has 1 amide bonds. The first-order chi connectivity index (χ1) is 12.4. The molecule has 2 heterocycles. The molecule has 26 heavy (non-hydrogen) atoms. The van der Waals surface area contributed by atoms with E-state index in [4.69, 9.17) is 0 Å². The molecule has 0 bridgehead atoms. The van der Waals surface area contributed by atoms with Gasteiger partial charge in [-0.1, -0.05) is 37.3 Å². The molecule has 3 rings (SSSR count). The summed E-state index contributed by atoms with van der Waals surface area (Å²) in [5.41, 5.74) is 2.65. The number of amides is 1. The van der Waals surface area contributed by atoms with Crippen molar-refractivity contribution in [2.75, 3.05) is 32.4 Å². The molecule has 2 aromatic rings. The summed E-state index contributed by atoms with van der Waals surface area (Å²) in [5, 5.41) is 4.42. The van der Waals surface area contributed by atoms with Gasteiger partial charge >= 0.3 is 0 Å². The van der Waals surface area contributed by atoms with E-state index in [1.54, 1.807) is 11.1 Å². The summed E-state index contributed by atoms with van der Waals surface area (Å²) in [6, 6.07) is 10.0. The molecule has 1 aromatic heterocycles. The lowest BCUT2D eigenvalue weighted by Gasteiger charge is -2.33. The monoisotopic (exact) mass is 376 g/mol. The Hall–Kier alpha value is -2.19. The SMILES string of the molecule is CCc1c(C(=O)N2CCN(S(C)(=O)=O)CC2)cnn1Cc1ccccc1. The smallest absolute Gasteiger partial charge is 0.257 e. The van der Waals surface area contributed by atoms with Gasteiger partial charge in [0.25, 0.3) is 5.91 Å². The average Bonchev–Trinajstić information content (AvgIpc) is 3.04. The molecule has 0 saturated carbocycles. The number of rotatable bonds is 5. The summed E-state index contributed by atoms with van der Waals surface area (Å²) in [6.07, 6.45) is 3.54. The number of hydrogen-bond donors (Lipinski definition) is 0. The summed E-state index contributed by atoms with van der Waals surface area (Å²) in [7, 11) is -3.20. The Labute approximate surface area is 154 Å². The Kier molecular flexibility index (Phi) is 5.43. The van der Waals surface area contributed by atoms with Gasteiger partial charge in [-0.15, -0.1) is 0 Å². The Morgan fingerprint density at radius 3 is 2.35 bits per heavy atom. The lowest BCUT2D eigenvalue weighted by molar-refractivity contribution is 0.0697. The molecule has 0 spiro atoms. The minimum atomic E-state index is -3.20. The van der Waals surface area contributed by atoms with E-state index in [1.807, 2.05) is 41.9 Å². The lowest BCUT2D eigenvalue weighted by atomic mass is 10.1. The van der Waals surface area contributed by atoms with E-state index in [9.17, 15) is 13.2 Å². The Morgan fingerprint density at radius 2 is 1.77 bits per heavy atom. The first-order valence-corrected chi connectivity index (χ1v) is 10.6. The maximum atomic E-state index is 12.9. The highest BCUT2D eigenvalue weighted by Gasteiger charge is 2.28. The Balaban J connectivity index is 1.74. The van der Waals surface area contributed by atoms with Crippen molar-refractivity contribution in [3.8, 4) is 0 Å². The minimum Gasteiger partial charge on any atom is -0.336 e. The van der Waals surface area contributed by atoms with Crippen LogP contribution in [0.4, 0.5) is 0 Å². The maximum Gasteiger partial charge on any atom is 0.257 e. The lowest BCUT2D eigenvalue weighted by Crippen LogP contribution is -2.50. The van der Waals surface area contributed by atoms with E-state index in [1.165, 1.54) is 10.6 Å². The standard InChI is InChI=1S/C18H24N4O3S/c1-3-17-16(13-19-22(17)14-15-7-5-4-6-8-15)18(23)20-9-11-21(12-10-20)26(2,24)25/h4-8,13H,3,9-12,14H2,1-2H3. The molecule has 1 aliphatic rings. The van der Waals surface area contributed by atoms with Crippen molar-refractivity contribution in [1.82, 2.24) is 19.0 Å². The Bertz CT molecular complexity index is 869. The highest BCUT2D eigenvalue weighted by Crippen LogP contribution is 2.16. The van der Waals surface area contributed by atoms with E-state index < -0.39 is 10.0 Å². The number of hydrogen-bond acceptors (Lipinski definition) is 4. The summed E-state index contributed by atoms with van der Waals surface area (Å²) in [5.74, 6) is -0.0747. The number of carbonyl (C=O) groups is 1. The molecule has 1 saturated heterocycles. The van der Waals surface area contributed by atoms with Gasteiger partial charge in [-0.3, -0.25) is 9.48 Å². The van der Waals surface area contributed by atoms with Crippen LogP contribution < -0.4 is 0 Å². The number of sulfonamides is 1. The van der Waals surface area contributed by atoms with Crippen molar-refractivity contribution in [3.05, 3.63) is 53.3 Å². The van der Waals surface area contributed by atoms with Gasteiger partial charge in [0.15, 0.2) is 0 Å². The molecule has 0 radical (unpaired) electrons. The second-order valence-electron chi connectivity index (χ2n) is 6.46. The first kappa shape index (κ1) is 18.6. The summed E-state index contributed by atoms with van der Waals surface area (Å²) < 4.78 is 26.5. The van der Waals surface area contributed by atoms with Crippen LogP contribution >= 0.6 is 0 Å². The fourth-order valence-corrected chi connectivity index (χ4v) is 4.07. The van der Waals surface area contributed by atoms with Crippen LogP contribution in [-0.2, 0) is 23.0 Å². The van der Waals surface area contributed by atoms with Crippen LogP contribution in [0.25, 0.3) is 0 Å². The molecule has 7 nitrogen and oxygen atoms in total. The van der Waals surface area contributed by atoms with Crippen molar-refractivity contribution >= 4 is 15.9 Å². The fraction of sp³-hybridized carbons (Fsp3) is 0.444. The van der Waals surface area contributed by atoms with Gasteiger partial charge in [0.1, 0.15) is 0 Å². The zero-order chi connectivity index (χ0) is 18.7. The van der Waals surface area contributed by atoms with Crippen LogP contribution in [0.3, 0.4) is 0 Å². The third-order valence-electron chi connectivity index (χ3n) is 4.68. The Morgan fingerprint density at radius 1 is 1.12 bits per heavy atom. The van der Waals surface area contributed by atoms with Crippen LogP contribution in [0, 0.1) is 0 Å². The van der Waals surface area contributed by atoms with Crippen molar-refractivity contribution in [2.45, 2.75) is 19.9 Å². The van der Waals surface area contributed by atoms with E-state index >= 15 is 0 Å². The van der Waals surface area contributed by atoms with Gasteiger partial charge in [-0.2, -0.15) is 9.40 Å². The molecular weight excluding hydrogens is 352 g/mol. The van der Waals surface area contributed by atoms with E-state index in [-0.39, 0.29) is 5.91 Å². The number of aromatic nitrogens is 2. The highest BCUT2D eigenvalue weighted by molar-refractivity contribution is 7.88. The highest BCUT2D eigenvalue weighted by atomic mass is 32.2. The van der Waals surface area contributed by atoms with Gasteiger partial charge in [-0.05, 0) is 12.0 Å². The second kappa shape index (κ2) is 7.59. The average molecular weight is 376 g/mol. The van der Waals surface area contributed by atoms with E-state index in [0.717, 1.165) is 11.3 Å². The largest absolute Gasteiger partial charge is 0.336 e. The summed E-state index contributed by atoms with van der Waals surface area (Å²) in [6.45, 7) is 4.11. The minimum absolute atomic E-state index is 0.0747. The first-order valence-electron chi connectivity index (χ1n) is 8.73. The molecule has 0 aliphatic carbocycles. The normalized spacial score (nSPS) is 16.0. The van der Waals surface area contributed by atoms with E-state index in [2.05, 4.69) is 5.10 Å². The van der Waals surface area contributed by atoms with E-state index in [0.29, 0.717) is 44.7 Å². The van der Waals surface area contributed by atoms with Crippen molar-refractivity contribution in [1.29, 1.82) is 0 Å². The molecule has 0 N–H and O–H groups in total.